The van der Waals surface area contributed by atoms with Gasteiger partial charge in [-0.05, 0) is 55.7 Å². The highest BCUT2D eigenvalue weighted by Crippen LogP contribution is 2.30. The Morgan fingerprint density at radius 3 is 2.93 bits per heavy atom. The number of para-hydroxylation sites is 1. The molecule has 5 rings (SSSR count). The Hall–Kier alpha value is -3.61. The minimum atomic E-state index is -0.108. The average Bonchev–Trinajstić information content (AvgIpc) is 3.47. The smallest absolute Gasteiger partial charge is 0.261 e. The van der Waals surface area contributed by atoms with E-state index in [-0.39, 0.29) is 18.6 Å². The van der Waals surface area contributed by atoms with Crippen molar-refractivity contribution in [2.75, 3.05) is 13.2 Å². The highest BCUT2D eigenvalue weighted by molar-refractivity contribution is 5.83. The lowest BCUT2D eigenvalue weighted by atomic mass is 10.0. The molecule has 0 unspecified atom stereocenters. The molecule has 2 N–H and O–H groups in total. The van der Waals surface area contributed by atoms with Crippen LogP contribution in [0.4, 0.5) is 0 Å². The maximum absolute atomic E-state index is 12.9. The minimum Gasteiger partial charge on any atom is -0.484 e. The first-order chi connectivity index (χ1) is 14.8. The van der Waals surface area contributed by atoms with Crippen molar-refractivity contribution in [1.29, 1.82) is 0 Å². The summed E-state index contributed by atoms with van der Waals surface area (Å²) in [5, 5.41) is 8.61. The lowest BCUT2D eigenvalue weighted by Gasteiger charge is -2.34. The van der Waals surface area contributed by atoms with Gasteiger partial charge in [-0.25, -0.2) is 4.98 Å². The van der Waals surface area contributed by atoms with Gasteiger partial charge in [0.25, 0.3) is 5.91 Å². The van der Waals surface area contributed by atoms with Crippen molar-refractivity contribution in [1.82, 2.24) is 25.1 Å². The quantitative estimate of drug-likeness (QED) is 0.527. The number of aromatic amines is 2. The molecule has 0 spiro atoms. The molecule has 152 valence electrons. The number of hydrogen-bond donors (Lipinski definition) is 2. The fourth-order valence-corrected chi connectivity index (χ4v) is 4.00. The molecule has 1 atom stereocenters. The zero-order valence-electron chi connectivity index (χ0n) is 16.5. The maximum atomic E-state index is 12.9. The van der Waals surface area contributed by atoms with Gasteiger partial charge in [0.15, 0.2) is 12.4 Å². The van der Waals surface area contributed by atoms with E-state index in [2.05, 4.69) is 21.2 Å². The van der Waals surface area contributed by atoms with Crippen LogP contribution in [0.15, 0.2) is 60.8 Å². The Bertz CT molecular complexity index is 1150. The highest BCUT2D eigenvalue weighted by Gasteiger charge is 2.30. The number of nitrogens with one attached hydrogen (secondary N) is 2. The van der Waals surface area contributed by atoms with Crippen LogP contribution in [0, 0.1) is 0 Å². The van der Waals surface area contributed by atoms with Gasteiger partial charge in [0.1, 0.15) is 11.6 Å². The Morgan fingerprint density at radius 2 is 2.03 bits per heavy atom. The molecule has 1 fully saturated rings. The molecule has 2 aromatic heterocycles. The summed E-state index contributed by atoms with van der Waals surface area (Å²) in [7, 11) is 0. The third kappa shape index (κ3) is 3.66. The third-order valence-electron chi connectivity index (χ3n) is 5.56. The second kappa shape index (κ2) is 8.02. The number of benzene rings is 2. The van der Waals surface area contributed by atoms with Crippen molar-refractivity contribution in [3.8, 4) is 17.1 Å². The predicted octanol–water partition coefficient (Wildman–Crippen LogP) is 4.09. The Labute approximate surface area is 174 Å². The molecule has 30 heavy (non-hydrogen) atoms. The van der Waals surface area contributed by atoms with E-state index < -0.39 is 0 Å². The molecule has 0 bridgehead atoms. The summed E-state index contributed by atoms with van der Waals surface area (Å²) in [4.78, 5) is 22.7. The number of likely N-dealkylation sites (tertiary alicyclic amines) is 1. The molecule has 0 radical (unpaired) electrons. The number of hydrogen-bond acceptors (Lipinski definition) is 4. The van der Waals surface area contributed by atoms with Crippen molar-refractivity contribution >= 4 is 16.8 Å². The standard InChI is InChI=1S/C23H23N5O2/c29-21(15-30-18-6-2-1-3-7-18)28-13-5-4-8-20(28)23-25-22(26-27-23)17-9-10-19-16(14-17)11-12-24-19/h1-3,6-7,9-12,14,20,24H,4-5,8,13,15H2,(H,25,26,27)/t20-/m1/s1. The largest absolute Gasteiger partial charge is 0.484 e. The number of amides is 1. The predicted molar refractivity (Wildman–Crippen MR) is 114 cm³/mol. The average molecular weight is 401 g/mol. The van der Waals surface area contributed by atoms with Crippen molar-refractivity contribution < 1.29 is 9.53 Å². The van der Waals surface area contributed by atoms with Gasteiger partial charge in [-0.1, -0.05) is 18.2 Å². The van der Waals surface area contributed by atoms with Crippen molar-refractivity contribution in [2.45, 2.75) is 25.3 Å². The van der Waals surface area contributed by atoms with Gasteiger partial charge >= 0.3 is 0 Å². The normalized spacial score (nSPS) is 16.7. The molecular weight excluding hydrogens is 378 g/mol. The summed E-state index contributed by atoms with van der Waals surface area (Å²) in [6, 6.07) is 17.4. The topological polar surface area (TPSA) is 86.9 Å². The SMILES string of the molecule is O=C(COc1ccccc1)N1CCCC[C@@H]1c1nc(-c2ccc3[nH]ccc3c2)n[nH]1. The number of nitrogens with zero attached hydrogens (tertiary/aromatic N) is 3. The molecule has 7 nitrogen and oxygen atoms in total. The monoisotopic (exact) mass is 401 g/mol. The van der Waals surface area contributed by atoms with Crippen molar-refractivity contribution in [3.63, 3.8) is 0 Å². The van der Waals surface area contributed by atoms with Crippen LogP contribution >= 0.6 is 0 Å². The first-order valence-electron chi connectivity index (χ1n) is 10.2. The van der Waals surface area contributed by atoms with Crippen LogP contribution < -0.4 is 4.74 Å². The van der Waals surface area contributed by atoms with Crippen molar-refractivity contribution in [2.24, 2.45) is 0 Å². The van der Waals surface area contributed by atoms with Crippen LogP contribution in [0.2, 0.25) is 0 Å². The molecule has 0 saturated carbocycles. The first-order valence-corrected chi connectivity index (χ1v) is 10.2. The van der Waals surface area contributed by atoms with Gasteiger partial charge in [0.05, 0.1) is 6.04 Å². The summed E-state index contributed by atoms with van der Waals surface area (Å²) >= 11 is 0. The maximum Gasteiger partial charge on any atom is 0.261 e. The zero-order valence-corrected chi connectivity index (χ0v) is 16.5. The highest BCUT2D eigenvalue weighted by atomic mass is 16.5. The van der Waals surface area contributed by atoms with Crippen LogP contribution in [-0.4, -0.2) is 44.1 Å². The van der Waals surface area contributed by atoms with E-state index in [9.17, 15) is 4.79 Å². The molecule has 2 aromatic carbocycles. The fraction of sp³-hybridized carbons (Fsp3) is 0.261. The molecular formula is C23H23N5O2. The van der Waals surface area contributed by atoms with Gasteiger partial charge in [-0.3, -0.25) is 9.89 Å². The summed E-state index contributed by atoms with van der Waals surface area (Å²) in [6.45, 7) is 0.721. The van der Waals surface area contributed by atoms with Gasteiger partial charge < -0.3 is 14.6 Å². The van der Waals surface area contributed by atoms with E-state index in [1.165, 1.54) is 0 Å². The first kappa shape index (κ1) is 18.4. The summed E-state index contributed by atoms with van der Waals surface area (Å²) in [6.07, 6.45) is 4.82. The molecule has 1 amide bonds. The molecule has 0 aliphatic carbocycles. The number of fused-ring (bicyclic) bond motifs is 1. The molecule has 3 heterocycles. The summed E-state index contributed by atoms with van der Waals surface area (Å²) in [5.74, 6) is 2.04. The molecule has 1 aliphatic rings. The number of carbonyl (C=O) groups is 1. The van der Waals surface area contributed by atoms with Gasteiger partial charge in [-0.15, -0.1) is 0 Å². The van der Waals surface area contributed by atoms with E-state index in [1.54, 1.807) is 0 Å². The Kier molecular flexibility index (Phi) is 4.93. The van der Waals surface area contributed by atoms with E-state index in [0.29, 0.717) is 18.1 Å². The van der Waals surface area contributed by atoms with Gasteiger partial charge in [0, 0.05) is 29.2 Å². The number of piperidine rings is 1. The third-order valence-corrected chi connectivity index (χ3v) is 5.56. The summed E-state index contributed by atoms with van der Waals surface area (Å²) < 4.78 is 5.67. The second-order valence-electron chi connectivity index (χ2n) is 7.52. The second-order valence-corrected chi connectivity index (χ2v) is 7.52. The Balaban J connectivity index is 1.33. The fourth-order valence-electron chi connectivity index (χ4n) is 4.00. The molecule has 1 saturated heterocycles. The van der Waals surface area contributed by atoms with Gasteiger partial charge in [-0.2, -0.15) is 5.10 Å². The minimum absolute atomic E-state index is 0.0195. The van der Waals surface area contributed by atoms with Gasteiger partial charge in [0.2, 0.25) is 0 Å². The van der Waals surface area contributed by atoms with Crippen LogP contribution in [0.5, 0.6) is 5.75 Å². The Morgan fingerprint density at radius 1 is 1.13 bits per heavy atom. The molecule has 1 aliphatic heterocycles. The molecule has 7 heteroatoms. The number of rotatable bonds is 5. The molecule has 4 aromatic rings. The number of ether oxygens (including phenoxy) is 1. The van der Waals surface area contributed by atoms with Crippen molar-refractivity contribution in [3.05, 3.63) is 66.6 Å². The van der Waals surface area contributed by atoms with Crippen LogP contribution in [0.25, 0.3) is 22.3 Å². The van der Waals surface area contributed by atoms with Crippen LogP contribution in [0.3, 0.4) is 0 Å². The number of H-pyrrole nitrogens is 2. The lowest BCUT2D eigenvalue weighted by Crippen LogP contribution is -2.41. The number of aromatic nitrogens is 4. The van der Waals surface area contributed by atoms with Crippen LogP contribution in [-0.2, 0) is 4.79 Å². The summed E-state index contributed by atoms with van der Waals surface area (Å²) in [5.41, 5.74) is 2.03. The van der Waals surface area contributed by atoms with E-state index >= 15 is 0 Å². The van der Waals surface area contributed by atoms with E-state index in [1.807, 2.05) is 59.6 Å². The lowest BCUT2D eigenvalue weighted by molar-refractivity contribution is -0.137. The van der Waals surface area contributed by atoms with Crippen LogP contribution in [0.1, 0.15) is 31.1 Å². The van der Waals surface area contributed by atoms with E-state index in [4.69, 9.17) is 9.72 Å². The number of carbonyl (C=O) groups excluding carboxylic acids is 1. The van der Waals surface area contributed by atoms with E-state index in [0.717, 1.165) is 41.6 Å². The zero-order chi connectivity index (χ0) is 20.3.